The first-order valence-electron chi connectivity index (χ1n) is 9.22. The number of hydrogen-bond acceptors (Lipinski definition) is 5. The van der Waals surface area contributed by atoms with Crippen LogP contribution in [0.3, 0.4) is 0 Å². The van der Waals surface area contributed by atoms with Crippen LogP contribution in [0.2, 0.25) is 0 Å². The fraction of sp³-hybridized carbons (Fsp3) is 0.238. The minimum absolute atomic E-state index is 0.0589. The molecule has 1 atom stereocenters. The van der Waals surface area contributed by atoms with Crippen LogP contribution in [-0.2, 0) is 16.0 Å². The van der Waals surface area contributed by atoms with Crippen molar-refractivity contribution in [3.8, 4) is 16.9 Å². The monoisotopic (exact) mass is 452 g/mol. The van der Waals surface area contributed by atoms with E-state index in [1.807, 2.05) is 0 Å². The molecule has 0 fully saturated rings. The molecule has 0 saturated carbocycles. The van der Waals surface area contributed by atoms with E-state index in [2.05, 4.69) is 5.10 Å². The first-order valence-corrected chi connectivity index (χ1v) is 11.1. The number of benzene rings is 2. The molecule has 2 aromatic carbocycles. The van der Waals surface area contributed by atoms with Crippen LogP contribution in [-0.4, -0.2) is 41.4 Å². The summed E-state index contributed by atoms with van der Waals surface area (Å²) in [6, 6.07) is 11.4. The third kappa shape index (κ3) is 4.86. The van der Waals surface area contributed by atoms with E-state index >= 15 is 0 Å². The highest BCUT2D eigenvalue weighted by Gasteiger charge is 2.30. The highest BCUT2D eigenvalue weighted by Crippen LogP contribution is 2.31. The van der Waals surface area contributed by atoms with Gasteiger partial charge < -0.3 is 5.11 Å². The number of aliphatic hydroxyl groups is 1. The molecule has 31 heavy (non-hydrogen) atoms. The van der Waals surface area contributed by atoms with Crippen molar-refractivity contribution in [1.29, 1.82) is 0 Å². The van der Waals surface area contributed by atoms with Crippen LogP contribution in [0.25, 0.3) is 16.9 Å². The minimum Gasteiger partial charge on any atom is -0.385 e. The van der Waals surface area contributed by atoms with Gasteiger partial charge in [0.1, 0.15) is 11.8 Å². The summed E-state index contributed by atoms with van der Waals surface area (Å²) >= 11 is 0. The van der Waals surface area contributed by atoms with Gasteiger partial charge in [0.2, 0.25) is 5.78 Å². The van der Waals surface area contributed by atoms with Gasteiger partial charge in [-0.25, -0.2) is 13.1 Å². The Kier molecular flexibility index (Phi) is 6.06. The molecule has 1 unspecified atom stereocenters. The first-order chi connectivity index (χ1) is 14.4. The number of sulfone groups is 1. The number of carbonyl (C=O) groups is 1. The Morgan fingerprint density at radius 3 is 2.16 bits per heavy atom. The Bertz CT molecular complexity index is 1200. The van der Waals surface area contributed by atoms with Crippen LogP contribution < -0.4 is 0 Å². The van der Waals surface area contributed by atoms with Crippen LogP contribution in [0, 0.1) is 0 Å². The lowest BCUT2D eigenvalue weighted by atomic mass is 10.1. The first kappa shape index (κ1) is 22.7. The normalized spacial score (nSPS) is 13.2. The molecule has 0 amide bonds. The van der Waals surface area contributed by atoms with E-state index in [0.29, 0.717) is 11.3 Å². The molecule has 6 nitrogen and oxygen atoms in total. The quantitative estimate of drug-likeness (QED) is 0.573. The maximum Gasteiger partial charge on any atom is 0.416 e. The summed E-state index contributed by atoms with van der Waals surface area (Å²) in [6.07, 6.45) is -4.53. The van der Waals surface area contributed by atoms with E-state index in [0.717, 1.165) is 18.4 Å². The Balaban J connectivity index is 2.13. The van der Waals surface area contributed by atoms with Gasteiger partial charge in [0.05, 0.1) is 21.8 Å². The topological polar surface area (TPSA) is 89.3 Å². The number of aromatic nitrogens is 2. The van der Waals surface area contributed by atoms with Crippen molar-refractivity contribution in [2.75, 3.05) is 6.26 Å². The lowest BCUT2D eigenvalue weighted by Gasteiger charge is -2.10. The van der Waals surface area contributed by atoms with Crippen LogP contribution in [0.5, 0.6) is 0 Å². The number of hydrogen-bond donors (Lipinski definition) is 1. The molecule has 0 aliphatic heterocycles. The Morgan fingerprint density at radius 1 is 1.10 bits per heavy atom. The summed E-state index contributed by atoms with van der Waals surface area (Å²) < 4.78 is 63.4. The number of halogens is 3. The average Bonchev–Trinajstić information content (AvgIpc) is 3.17. The molecule has 1 N–H and O–H groups in total. The third-order valence-electron chi connectivity index (χ3n) is 4.67. The van der Waals surface area contributed by atoms with Crippen molar-refractivity contribution >= 4 is 15.6 Å². The van der Waals surface area contributed by atoms with Gasteiger partial charge in [-0.1, -0.05) is 19.1 Å². The van der Waals surface area contributed by atoms with E-state index in [-0.39, 0.29) is 22.7 Å². The van der Waals surface area contributed by atoms with Crippen molar-refractivity contribution < 1.29 is 31.5 Å². The molecule has 0 saturated heterocycles. The average molecular weight is 452 g/mol. The third-order valence-corrected chi connectivity index (χ3v) is 5.80. The predicted molar refractivity (Wildman–Crippen MR) is 108 cm³/mol. The molecule has 0 spiro atoms. The smallest absolute Gasteiger partial charge is 0.385 e. The second-order valence-corrected chi connectivity index (χ2v) is 8.97. The molecule has 1 heterocycles. The lowest BCUT2D eigenvalue weighted by molar-refractivity contribution is -0.137. The fourth-order valence-electron chi connectivity index (χ4n) is 2.92. The van der Waals surface area contributed by atoms with Crippen molar-refractivity contribution in [3.05, 3.63) is 65.9 Å². The van der Waals surface area contributed by atoms with Crippen molar-refractivity contribution in [2.24, 2.45) is 0 Å². The van der Waals surface area contributed by atoms with Crippen molar-refractivity contribution in [1.82, 2.24) is 9.78 Å². The SMILES string of the molecule is CCC(O)C(=O)c1cc(-c2ccc(S(C)(=O)=O)cc2)n(-c2ccc(C(F)(F)F)cc2)n1. The zero-order valence-electron chi connectivity index (χ0n) is 16.6. The van der Waals surface area contributed by atoms with Crippen LogP contribution >= 0.6 is 0 Å². The molecule has 3 aromatic rings. The van der Waals surface area contributed by atoms with Crippen LogP contribution in [0.4, 0.5) is 13.2 Å². The number of alkyl halides is 3. The lowest BCUT2D eigenvalue weighted by Crippen LogP contribution is -2.20. The van der Waals surface area contributed by atoms with Gasteiger partial charge in [-0.2, -0.15) is 18.3 Å². The summed E-state index contributed by atoms with van der Waals surface area (Å²) in [5.41, 5.74) is 0.216. The summed E-state index contributed by atoms with van der Waals surface area (Å²) in [5.74, 6) is -0.623. The maximum atomic E-state index is 12.9. The number of carbonyl (C=O) groups excluding carboxylic acids is 1. The van der Waals surface area contributed by atoms with E-state index in [1.54, 1.807) is 6.92 Å². The molecule has 164 valence electrons. The van der Waals surface area contributed by atoms with Gasteiger partial charge in [-0.3, -0.25) is 4.79 Å². The number of nitrogens with zero attached hydrogens (tertiary/aromatic N) is 2. The molecule has 0 aliphatic rings. The Labute approximate surface area is 176 Å². The number of Topliss-reactive ketones (excluding diaryl/α,β-unsaturated/α-hetero) is 1. The predicted octanol–water partition coefficient (Wildman–Crippen LogP) is 3.92. The summed E-state index contributed by atoms with van der Waals surface area (Å²) in [7, 11) is -3.42. The van der Waals surface area contributed by atoms with Gasteiger partial charge in [0, 0.05) is 11.8 Å². The number of rotatable bonds is 6. The summed E-state index contributed by atoms with van der Waals surface area (Å²) in [4.78, 5) is 12.5. The summed E-state index contributed by atoms with van der Waals surface area (Å²) in [6.45, 7) is 1.63. The van der Waals surface area contributed by atoms with Gasteiger partial charge in [-0.15, -0.1) is 0 Å². The fourth-order valence-corrected chi connectivity index (χ4v) is 3.56. The molecule has 0 bridgehead atoms. The van der Waals surface area contributed by atoms with E-state index in [4.69, 9.17) is 0 Å². The molecule has 3 rings (SSSR count). The standard InChI is InChI=1S/C21H19F3N2O4S/c1-3-19(27)20(28)17-12-18(13-4-10-16(11-5-13)31(2,29)30)26(25-17)15-8-6-14(7-9-15)21(22,23)24/h4-12,19,27H,3H2,1-2H3. The van der Waals surface area contributed by atoms with Gasteiger partial charge in [0.25, 0.3) is 0 Å². The van der Waals surface area contributed by atoms with Gasteiger partial charge >= 0.3 is 6.18 Å². The van der Waals surface area contributed by atoms with E-state index in [9.17, 15) is 31.5 Å². The molecule has 0 radical (unpaired) electrons. The zero-order chi connectivity index (χ0) is 23.0. The van der Waals surface area contributed by atoms with Crippen LogP contribution in [0.1, 0.15) is 29.4 Å². The molecule has 0 aliphatic carbocycles. The second kappa shape index (κ2) is 8.27. The Morgan fingerprint density at radius 2 is 1.68 bits per heavy atom. The number of aliphatic hydroxyl groups excluding tert-OH is 1. The van der Waals surface area contributed by atoms with Gasteiger partial charge in [0.15, 0.2) is 9.84 Å². The second-order valence-electron chi connectivity index (χ2n) is 6.96. The molecule has 10 heteroatoms. The van der Waals surface area contributed by atoms with Crippen molar-refractivity contribution in [3.63, 3.8) is 0 Å². The van der Waals surface area contributed by atoms with E-state index in [1.165, 1.54) is 47.1 Å². The highest BCUT2D eigenvalue weighted by atomic mass is 32.2. The number of ketones is 1. The molecular formula is C21H19F3N2O4S. The van der Waals surface area contributed by atoms with Crippen molar-refractivity contribution in [2.45, 2.75) is 30.5 Å². The van der Waals surface area contributed by atoms with Gasteiger partial charge in [-0.05, 0) is 48.9 Å². The van der Waals surface area contributed by atoms with E-state index < -0.39 is 33.5 Å². The summed E-state index contributed by atoms with van der Waals surface area (Å²) in [5, 5.41) is 14.1. The maximum absolute atomic E-state index is 12.9. The highest BCUT2D eigenvalue weighted by molar-refractivity contribution is 7.90. The minimum atomic E-state index is -4.50. The molecular weight excluding hydrogens is 433 g/mol. The Hall–Kier alpha value is -2.98. The van der Waals surface area contributed by atoms with Crippen LogP contribution in [0.15, 0.2) is 59.5 Å². The molecule has 1 aromatic heterocycles. The zero-order valence-corrected chi connectivity index (χ0v) is 17.4. The largest absolute Gasteiger partial charge is 0.416 e.